The minimum absolute atomic E-state index is 0.250. The lowest BCUT2D eigenvalue weighted by molar-refractivity contribution is 0.0329. The minimum atomic E-state index is -0.555. The number of pyridine rings is 1. The number of aromatic nitrogens is 3. The Morgan fingerprint density at radius 1 is 1.28 bits per heavy atom. The molecule has 1 atom stereocenters. The highest BCUT2D eigenvalue weighted by atomic mass is 16.5. The number of H-pyrrole nitrogens is 1. The van der Waals surface area contributed by atoms with Gasteiger partial charge in [-0.3, -0.25) is 14.3 Å². The predicted octanol–water partition coefficient (Wildman–Crippen LogP) is 2.02. The molecule has 0 aliphatic carbocycles. The molecule has 0 saturated heterocycles. The molecule has 0 spiro atoms. The van der Waals surface area contributed by atoms with Crippen LogP contribution in [0.15, 0.2) is 52.2 Å². The lowest BCUT2D eigenvalue weighted by Gasteiger charge is -2.13. The fraction of sp³-hybridized carbons (Fsp3) is 0.222. The van der Waals surface area contributed by atoms with Crippen molar-refractivity contribution in [2.75, 3.05) is 0 Å². The number of fused-ring (bicyclic) bond motifs is 1. The number of carbonyl (C=O) groups excluding carboxylic acids is 1. The minimum Gasteiger partial charge on any atom is -0.453 e. The molecule has 7 heteroatoms. The first-order valence-corrected chi connectivity index (χ1v) is 7.90. The van der Waals surface area contributed by atoms with Crippen molar-refractivity contribution in [1.29, 1.82) is 0 Å². The summed E-state index contributed by atoms with van der Waals surface area (Å²) in [4.78, 5) is 43.3. The van der Waals surface area contributed by atoms with Crippen molar-refractivity contribution >= 4 is 16.9 Å². The molecule has 0 radical (unpaired) electrons. The van der Waals surface area contributed by atoms with Crippen LogP contribution in [0.1, 0.15) is 36.0 Å². The van der Waals surface area contributed by atoms with Crippen molar-refractivity contribution in [3.05, 3.63) is 74.7 Å². The van der Waals surface area contributed by atoms with Gasteiger partial charge in [0, 0.05) is 12.7 Å². The van der Waals surface area contributed by atoms with E-state index >= 15 is 0 Å². The van der Waals surface area contributed by atoms with E-state index < -0.39 is 17.8 Å². The van der Waals surface area contributed by atoms with E-state index in [0.717, 1.165) is 4.57 Å². The second-order valence-electron chi connectivity index (χ2n) is 5.54. The van der Waals surface area contributed by atoms with Crippen LogP contribution in [0.25, 0.3) is 10.9 Å². The van der Waals surface area contributed by atoms with Gasteiger partial charge in [-0.1, -0.05) is 6.07 Å². The maximum absolute atomic E-state index is 12.3. The molecule has 3 rings (SSSR count). The quantitative estimate of drug-likeness (QED) is 0.734. The van der Waals surface area contributed by atoms with Crippen LogP contribution in [0, 0.1) is 0 Å². The van der Waals surface area contributed by atoms with E-state index in [-0.39, 0.29) is 17.7 Å². The molecular weight excluding hydrogens is 322 g/mol. The van der Waals surface area contributed by atoms with Crippen molar-refractivity contribution in [3.8, 4) is 0 Å². The van der Waals surface area contributed by atoms with Crippen molar-refractivity contribution < 1.29 is 9.53 Å². The Bertz CT molecular complexity index is 1040. The molecule has 0 fully saturated rings. The molecule has 2 aromatic heterocycles. The zero-order valence-electron chi connectivity index (χ0n) is 13.9. The second-order valence-corrected chi connectivity index (χ2v) is 5.54. The zero-order valence-corrected chi connectivity index (χ0v) is 13.9. The maximum Gasteiger partial charge on any atom is 0.338 e. The molecule has 3 aromatic rings. The first kappa shape index (κ1) is 16.6. The van der Waals surface area contributed by atoms with Crippen LogP contribution in [0.4, 0.5) is 0 Å². The number of nitrogens with zero attached hydrogens (tertiary/aromatic N) is 2. The molecule has 7 nitrogen and oxygen atoms in total. The Kier molecular flexibility index (Phi) is 4.47. The van der Waals surface area contributed by atoms with Gasteiger partial charge in [0.15, 0.2) is 0 Å². The summed E-state index contributed by atoms with van der Waals surface area (Å²) in [7, 11) is 0. The van der Waals surface area contributed by atoms with Gasteiger partial charge in [-0.2, -0.15) is 0 Å². The van der Waals surface area contributed by atoms with E-state index in [1.807, 2.05) is 6.07 Å². The highest BCUT2D eigenvalue weighted by Gasteiger charge is 2.16. The number of hydrogen-bond acceptors (Lipinski definition) is 5. The van der Waals surface area contributed by atoms with Crippen molar-refractivity contribution in [2.45, 2.75) is 26.5 Å². The van der Waals surface area contributed by atoms with Gasteiger partial charge in [0.05, 0.1) is 22.2 Å². The van der Waals surface area contributed by atoms with Crippen molar-refractivity contribution in [3.63, 3.8) is 0 Å². The second kappa shape index (κ2) is 6.72. The topological polar surface area (TPSA) is 94.1 Å². The standard InChI is InChI=1S/C18H17N3O4/c1-3-21-16(22)13-8-7-12(10-15(13)20-18(21)24)17(23)25-11(2)14-6-4-5-9-19-14/h4-11H,3H2,1-2H3,(H,20,24)/t11-/m1/s1. The number of ether oxygens (including phenoxy) is 1. The van der Waals surface area contributed by atoms with Crippen LogP contribution in [0.3, 0.4) is 0 Å². The number of hydrogen-bond donors (Lipinski definition) is 1. The Balaban J connectivity index is 1.93. The molecule has 1 aromatic carbocycles. The van der Waals surface area contributed by atoms with E-state index in [0.29, 0.717) is 16.6 Å². The van der Waals surface area contributed by atoms with Crippen LogP contribution in [-0.4, -0.2) is 20.5 Å². The molecular formula is C18H17N3O4. The summed E-state index contributed by atoms with van der Waals surface area (Å²) in [6.07, 6.45) is 1.11. The van der Waals surface area contributed by atoms with Gasteiger partial charge in [0.2, 0.25) is 0 Å². The summed E-state index contributed by atoms with van der Waals surface area (Å²) in [5.74, 6) is -0.555. The number of nitrogens with one attached hydrogen (secondary N) is 1. The first-order chi connectivity index (χ1) is 12.0. The number of benzene rings is 1. The SMILES string of the molecule is CCn1c(=O)[nH]c2cc(C(=O)O[C@H](C)c3ccccn3)ccc2c1=O. The maximum atomic E-state index is 12.3. The molecule has 128 valence electrons. The van der Waals surface area contributed by atoms with E-state index in [1.165, 1.54) is 18.2 Å². The summed E-state index contributed by atoms with van der Waals surface area (Å²) in [6, 6.07) is 9.83. The molecule has 25 heavy (non-hydrogen) atoms. The van der Waals surface area contributed by atoms with E-state index in [2.05, 4.69) is 9.97 Å². The molecule has 0 aliphatic rings. The van der Waals surface area contributed by atoms with Crippen LogP contribution in [0.5, 0.6) is 0 Å². The van der Waals surface area contributed by atoms with Gasteiger partial charge in [0.25, 0.3) is 5.56 Å². The summed E-state index contributed by atoms with van der Waals surface area (Å²) in [5.41, 5.74) is 0.297. The van der Waals surface area contributed by atoms with E-state index in [1.54, 1.807) is 32.2 Å². The fourth-order valence-corrected chi connectivity index (χ4v) is 2.57. The number of aromatic amines is 1. The van der Waals surface area contributed by atoms with Crippen molar-refractivity contribution in [1.82, 2.24) is 14.5 Å². The third-order valence-electron chi connectivity index (χ3n) is 3.92. The lowest BCUT2D eigenvalue weighted by atomic mass is 10.1. The zero-order chi connectivity index (χ0) is 18.0. The first-order valence-electron chi connectivity index (χ1n) is 7.90. The predicted molar refractivity (Wildman–Crippen MR) is 92.6 cm³/mol. The third-order valence-corrected chi connectivity index (χ3v) is 3.92. The molecule has 0 amide bonds. The van der Waals surface area contributed by atoms with E-state index in [9.17, 15) is 14.4 Å². The Hall–Kier alpha value is -3.22. The largest absolute Gasteiger partial charge is 0.453 e. The molecule has 0 bridgehead atoms. The lowest BCUT2D eigenvalue weighted by Crippen LogP contribution is -2.34. The molecule has 0 saturated carbocycles. The van der Waals surface area contributed by atoms with Crippen LogP contribution >= 0.6 is 0 Å². The molecule has 2 heterocycles. The highest BCUT2D eigenvalue weighted by Crippen LogP contribution is 2.17. The van der Waals surface area contributed by atoms with Gasteiger partial charge in [-0.25, -0.2) is 9.59 Å². The van der Waals surface area contributed by atoms with Gasteiger partial charge in [-0.15, -0.1) is 0 Å². The van der Waals surface area contributed by atoms with Gasteiger partial charge < -0.3 is 9.72 Å². The Morgan fingerprint density at radius 3 is 2.76 bits per heavy atom. The summed E-state index contributed by atoms with van der Waals surface area (Å²) >= 11 is 0. The number of esters is 1. The Labute approximate surface area is 142 Å². The normalized spacial score (nSPS) is 12.1. The fourth-order valence-electron chi connectivity index (χ4n) is 2.57. The van der Waals surface area contributed by atoms with E-state index in [4.69, 9.17) is 4.74 Å². The monoisotopic (exact) mass is 339 g/mol. The van der Waals surface area contributed by atoms with Crippen molar-refractivity contribution in [2.24, 2.45) is 0 Å². The summed E-state index contributed by atoms with van der Waals surface area (Å²) in [6.45, 7) is 3.71. The Morgan fingerprint density at radius 2 is 2.08 bits per heavy atom. The third kappa shape index (κ3) is 3.21. The van der Waals surface area contributed by atoms with Gasteiger partial charge >= 0.3 is 11.7 Å². The van der Waals surface area contributed by atoms with Crippen LogP contribution in [-0.2, 0) is 11.3 Å². The summed E-state index contributed by atoms with van der Waals surface area (Å²) in [5, 5.41) is 0.343. The average Bonchev–Trinajstić information content (AvgIpc) is 2.62. The van der Waals surface area contributed by atoms with Gasteiger partial charge in [0.1, 0.15) is 6.10 Å². The molecule has 0 aliphatic heterocycles. The number of carbonyl (C=O) groups is 1. The number of rotatable bonds is 4. The highest BCUT2D eigenvalue weighted by molar-refractivity contribution is 5.94. The summed E-state index contributed by atoms with van der Waals surface area (Å²) < 4.78 is 6.50. The molecule has 1 N–H and O–H groups in total. The molecule has 0 unspecified atom stereocenters. The average molecular weight is 339 g/mol. The van der Waals surface area contributed by atoms with Crippen LogP contribution < -0.4 is 11.2 Å². The van der Waals surface area contributed by atoms with Crippen LogP contribution in [0.2, 0.25) is 0 Å². The van der Waals surface area contributed by atoms with Gasteiger partial charge in [-0.05, 0) is 44.2 Å². The smallest absolute Gasteiger partial charge is 0.338 e.